The molecule has 3 N–H and O–H groups in total. The van der Waals surface area contributed by atoms with E-state index in [0.29, 0.717) is 16.4 Å². The summed E-state index contributed by atoms with van der Waals surface area (Å²) in [6.45, 7) is 3.57. The van der Waals surface area contributed by atoms with Crippen molar-refractivity contribution in [2.75, 3.05) is 40.3 Å². The maximum absolute atomic E-state index is 9.03. The fourth-order valence-electron chi connectivity index (χ4n) is 1.55. The van der Waals surface area contributed by atoms with Crippen LogP contribution < -0.4 is 11.1 Å². The molecule has 0 unspecified atom stereocenters. The van der Waals surface area contributed by atoms with Gasteiger partial charge in [-0.2, -0.15) is 5.26 Å². The zero-order chi connectivity index (χ0) is 12.1. The van der Waals surface area contributed by atoms with Crippen LogP contribution in [0, 0.1) is 11.3 Å². The molecule has 1 aliphatic rings. The van der Waals surface area contributed by atoms with E-state index in [-0.39, 0.29) is 0 Å². The lowest BCUT2D eigenvalue weighted by atomic mass is 10.2. The monoisotopic (exact) mass is 239 g/mol. The van der Waals surface area contributed by atoms with E-state index in [1.54, 1.807) is 7.05 Å². The van der Waals surface area contributed by atoms with Crippen LogP contribution in [-0.2, 0) is 0 Å². The summed E-state index contributed by atoms with van der Waals surface area (Å²) in [5.74, 6) is 0.481. The molecule has 0 spiro atoms. The molecule has 6 heteroatoms. The van der Waals surface area contributed by atoms with Gasteiger partial charge in [-0.1, -0.05) is 12.2 Å². The zero-order valence-electron chi connectivity index (χ0n) is 9.66. The van der Waals surface area contributed by atoms with Crippen molar-refractivity contribution < 1.29 is 0 Å². The average Bonchev–Trinajstić information content (AvgIpc) is 2.30. The highest BCUT2D eigenvalue weighted by Gasteiger charge is 2.18. The van der Waals surface area contributed by atoms with Crippen LogP contribution in [0.1, 0.15) is 0 Å². The summed E-state index contributed by atoms with van der Waals surface area (Å²) >= 11 is 5.04. The molecular formula is C10H17N5S. The third-order valence-electron chi connectivity index (χ3n) is 2.67. The number of nitrogens with two attached hydrogens (primary N) is 1. The second-order valence-electron chi connectivity index (χ2n) is 3.74. The number of hydrogen-bond donors (Lipinski definition) is 2. The van der Waals surface area contributed by atoms with Gasteiger partial charge in [-0.3, -0.25) is 0 Å². The van der Waals surface area contributed by atoms with Crippen LogP contribution in [0.5, 0.6) is 0 Å². The maximum Gasteiger partial charge on any atom is 0.126 e. The molecule has 16 heavy (non-hydrogen) atoms. The predicted octanol–water partition coefficient (Wildman–Crippen LogP) is -0.526. The molecule has 0 bridgehead atoms. The maximum atomic E-state index is 9.03. The number of piperazine rings is 1. The fourth-order valence-corrected chi connectivity index (χ4v) is 1.71. The Morgan fingerprint density at radius 2 is 1.94 bits per heavy atom. The van der Waals surface area contributed by atoms with E-state index in [4.69, 9.17) is 23.2 Å². The Bertz CT molecular complexity index is 336. The first-order chi connectivity index (χ1) is 7.60. The first-order valence-corrected chi connectivity index (χ1v) is 5.56. The number of likely N-dealkylation sites (N-methyl/N-ethyl adjacent to an activating group) is 2. The summed E-state index contributed by atoms with van der Waals surface area (Å²) in [6.07, 6.45) is 0. The van der Waals surface area contributed by atoms with E-state index < -0.39 is 0 Å². The van der Waals surface area contributed by atoms with Gasteiger partial charge in [-0.25, -0.2) is 0 Å². The SMILES string of the molecule is CNC(=S)/C(C#N)=C(/N)N1CCN(C)CC1. The van der Waals surface area contributed by atoms with E-state index in [0.717, 1.165) is 26.2 Å². The third-order valence-corrected chi connectivity index (χ3v) is 3.07. The first-order valence-electron chi connectivity index (χ1n) is 5.15. The molecule has 88 valence electrons. The second kappa shape index (κ2) is 5.68. The standard InChI is InChI=1S/C10H17N5S/c1-13-10(16)8(7-11)9(12)15-5-3-14(2)4-6-15/h3-6,12H2,1-2H3,(H,13,16)/b9-8-. The quantitative estimate of drug-likeness (QED) is 0.384. The van der Waals surface area contributed by atoms with Crippen molar-refractivity contribution in [3.05, 3.63) is 11.4 Å². The molecular weight excluding hydrogens is 222 g/mol. The van der Waals surface area contributed by atoms with Gasteiger partial charge < -0.3 is 20.9 Å². The van der Waals surface area contributed by atoms with E-state index in [2.05, 4.69) is 23.3 Å². The Morgan fingerprint density at radius 3 is 2.38 bits per heavy atom. The van der Waals surface area contributed by atoms with Gasteiger partial charge in [0.25, 0.3) is 0 Å². The number of nitrogens with zero attached hydrogens (tertiary/aromatic N) is 3. The lowest BCUT2D eigenvalue weighted by Gasteiger charge is -2.34. The van der Waals surface area contributed by atoms with Gasteiger partial charge in [0.1, 0.15) is 22.5 Å². The van der Waals surface area contributed by atoms with Crippen molar-refractivity contribution in [3.8, 4) is 6.07 Å². The van der Waals surface area contributed by atoms with E-state index in [1.165, 1.54) is 0 Å². The molecule has 1 heterocycles. The van der Waals surface area contributed by atoms with Crippen molar-refractivity contribution in [1.29, 1.82) is 5.26 Å². The van der Waals surface area contributed by atoms with Crippen LogP contribution in [0.3, 0.4) is 0 Å². The van der Waals surface area contributed by atoms with Crippen molar-refractivity contribution in [2.45, 2.75) is 0 Å². The molecule has 0 aromatic heterocycles. The summed E-state index contributed by atoms with van der Waals surface area (Å²) in [5.41, 5.74) is 6.33. The second-order valence-corrected chi connectivity index (χ2v) is 4.15. The van der Waals surface area contributed by atoms with Gasteiger partial charge in [0.2, 0.25) is 0 Å². The lowest BCUT2D eigenvalue weighted by Crippen LogP contribution is -2.46. The predicted molar refractivity (Wildman–Crippen MR) is 67.6 cm³/mol. The van der Waals surface area contributed by atoms with Crippen molar-refractivity contribution in [3.63, 3.8) is 0 Å². The van der Waals surface area contributed by atoms with E-state index >= 15 is 0 Å². The summed E-state index contributed by atoms with van der Waals surface area (Å²) in [7, 11) is 3.76. The molecule has 0 radical (unpaired) electrons. The van der Waals surface area contributed by atoms with Crippen LogP contribution >= 0.6 is 12.2 Å². The Labute approximate surface area is 101 Å². The molecule has 0 amide bonds. The highest BCUT2D eigenvalue weighted by atomic mass is 32.1. The minimum absolute atomic E-state index is 0.363. The topological polar surface area (TPSA) is 68.3 Å². The first kappa shape index (κ1) is 12.7. The molecule has 5 nitrogen and oxygen atoms in total. The third kappa shape index (κ3) is 2.84. The normalized spacial score (nSPS) is 18.7. The van der Waals surface area contributed by atoms with Crippen LogP contribution in [-0.4, -0.2) is 55.1 Å². The van der Waals surface area contributed by atoms with Gasteiger partial charge >= 0.3 is 0 Å². The Morgan fingerprint density at radius 1 is 1.38 bits per heavy atom. The summed E-state index contributed by atoms with van der Waals surface area (Å²) in [4.78, 5) is 4.63. The number of nitrogens with one attached hydrogen (secondary N) is 1. The molecule has 1 rings (SSSR count). The van der Waals surface area contributed by atoms with Crippen molar-refractivity contribution in [2.24, 2.45) is 5.73 Å². The van der Waals surface area contributed by atoms with Gasteiger partial charge in [-0.15, -0.1) is 0 Å². The van der Waals surface area contributed by atoms with E-state index in [9.17, 15) is 0 Å². The number of hydrogen-bond acceptors (Lipinski definition) is 5. The molecule has 0 aromatic rings. The number of nitriles is 1. The summed E-state index contributed by atoms with van der Waals surface area (Å²) in [5, 5.41) is 11.8. The van der Waals surface area contributed by atoms with Crippen molar-refractivity contribution >= 4 is 17.2 Å². The molecule has 1 saturated heterocycles. The van der Waals surface area contributed by atoms with Gasteiger partial charge in [0.05, 0.1) is 0 Å². The fraction of sp³-hybridized carbons (Fsp3) is 0.600. The zero-order valence-corrected chi connectivity index (χ0v) is 10.5. The smallest absolute Gasteiger partial charge is 0.126 e. The molecule has 1 fully saturated rings. The molecule has 1 aliphatic heterocycles. The van der Waals surface area contributed by atoms with Gasteiger partial charge in [0.15, 0.2) is 0 Å². The van der Waals surface area contributed by atoms with Crippen molar-refractivity contribution in [1.82, 2.24) is 15.1 Å². The van der Waals surface area contributed by atoms with Gasteiger partial charge in [0, 0.05) is 33.2 Å². The Hall–Kier alpha value is -1.32. The van der Waals surface area contributed by atoms with E-state index in [1.807, 2.05) is 4.90 Å². The average molecular weight is 239 g/mol. The molecule has 0 aromatic carbocycles. The Balaban J connectivity index is 2.81. The number of thiocarbonyl (C=S) groups is 1. The Kier molecular flexibility index (Phi) is 4.52. The minimum atomic E-state index is 0.363. The summed E-state index contributed by atoms with van der Waals surface area (Å²) in [6, 6.07) is 2.06. The molecule has 0 saturated carbocycles. The van der Waals surface area contributed by atoms with Crippen LogP contribution in [0.25, 0.3) is 0 Å². The summed E-state index contributed by atoms with van der Waals surface area (Å²) < 4.78 is 0. The highest BCUT2D eigenvalue weighted by Crippen LogP contribution is 2.09. The lowest BCUT2D eigenvalue weighted by molar-refractivity contribution is 0.184. The largest absolute Gasteiger partial charge is 0.384 e. The van der Waals surface area contributed by atoms with Gasteiger partial charge in [-0.05, 0) is 7.05 Å². The molecule has 0 aliphatic carbocycles. The van der Waals surface area contributed by atoms with Crippen LogP contribution in [0.2, 0.25) is 0 Å². The van der Waals surface area contributed by atoms with Crippen LogP contribution in [0.4, 0.5) is 0 Å². The number of rotatable bonds is 2. The molecule has 0 atom stereocenters. The highest BCUT2D eigenvalue weighted by molar-refractivity contribution is 7.80. The van der Waals surface area contributed by atoms with Crippen LogP contribution in [0.15, 0.2) is 11.4 Å². The minimum Gasteiger partial charge on any atom is -0.384 e.